The summed E-state index contributed by atoms with van der Waals surface area (Å²) >= 11 is 1.65. The van der Waals surface area contributed by atoms with Gasteiger partial charge in [0, 0.05) is 30.9 Å². The summed E-state index contributed by atoms with van der Waals surface area (Å²) in [7, 11) is 0. The van der Waals surface area contributed by atoms with E-state index in [2.05, 4.69) is 0 Å². The molecule has 2 saturated heterocycles. The molecular formula is C15H20N2O3S. The Morgan fingerprint density at radius 2 is 2.33 bits per heavy atom. The van der Waals surface area contributed by atoms with E-state index in [4.69, 9.17) is 4.74 Å². The molecule has 2 aliphatic heterocycles. The molecule has 6 heteroatoms. The molecule has 0 aromatic carbocycles. The van der Waals surface area contributed by atoms with Crippen LogP contribution in [0.1, 0.15) is 24.3 Å². The molecule has 2 atom stereocenters. The van der Waals surface area contributed by atoms with Crippen LogP contribution < -0.4 is 0 Å². The first-order valence-electron chi connectivity index (χ1n) is 7.40. The van der Waals surface area contributed by atoms with Gasteiger partial charge in [-0.1, -0.05) is 6.07 Å². The first kappa shape index (κ1) is 14.5. The van der Waals surface area contributed by atoms with Crippen molar-refractivity contribution in [1.29, 1.82) is 0 Å². The van der Waals surface area contributed by atoms with Gasteiger partial charge in [0.15, 0.2) is 0 Å². The summed E-state index contributed by atoms with van der Waals surface area (Å²) in [4.78, 5) is 29.2. The van der Waals surface area contributed by atoms with Crippen molar-refractivity contribution >= 4 is 23.2 Å². The average Bonchev–Trinajstić information content (AvgIpc) is 3.16. The second-order valence-corrected chi connectivity index (χ2v) is 6.47. The summed E-state index contributed by atoms with van der Waals surface area (Å²) < 4.78 is 5.77. The molecule has 2 fully saturated rings. The van der Waals surface area contributed by atoms with Gasteiger partial charge in [-0.25, -0.2) is 0 Å². The van der Waals surface area contributed by atoms with Crippen LogP contribution in [0.4, 0.5) is 0 Å². The lowest BCUT2D eigenvalue weighted by Gasteiger charge is -2.34. The Kier molecular flexibility index (Phi) is 4.26. The van der Waals surface area contributed by atoms with E-state index < -0.39 is 0 Å². The Morgan fingerprint density at radius 3 is 3.00 bits per heavy atom. The average molecular weight is 308 g/mol. The summed E-state index contributed by atoms with van der Waals surface area (Å²) in [6, 6.07) is 4.04. The fourth-order valence-corrected chi connectivity index (χ4v) is 3.76. The molecule has 0 saturated carbocycles. The van der Waals surface area contributed by atoms with Crippen LogP contribution in [0.3, 0.4) is 0 Å². The standard InChI is InChI=1S/C15H20N2O3S/c1-2-16-9-11(8-14(16)18)15(19)17-5-6-20-12(10-17)13-4-3-7-21-13/h3-4,7,11-12H,2,5-6,8-10H2,1H3. The van der Waals surface area contributed by atoms with Crippen LogP contribution >= 0.6 is 11.3 Å². The minimum absolute atomic E-state index is 0.0258. The molecule has 3 rings (SSSR count). The first-order chi connectivity index (χ1) is 10.2. The predicted molar refractivity (Wildman–Crippen MR) is 80.0 cm³/mol. The van der Waals surface area contributed by atoms with Crippen LogP contribution in [0.25, 0.3) is 0 Å². The lowest BCUT2D eigenvalue weighted by Crippen LogP contribution is -2.45. The van der Waals surface area contributed by atoms with Gasteiger partial charge in [0.2, 0.25) is 11.8 Å². The van der Waals surface area contributed by atoms with Crippen LogP contribution in [0.2, 0.25) is 0 Å². The van der Waals surface area contributed by atoms with E-state index in [9.17, 15) is 9.59 Å². The normalized spacial score (nSPS) is 26.4. The van der Waals surface area contributed by atoms with E-state index in [0.717, 1.165) is 4.88 Å². The minimum atomic E-state index is -0.181. The van der Waals surface area contributed by atoms with E-state index in [1.54, 1.807) is 16.2 Å². The van der Waals surface area contributed by atoms with Crippen LogP contribution in [-0.2, 0) is 14.3 Å². The van der Waals surface area contributed by atoms with Gasteiger partial charge in [-0.05, 0) is 18.4 Å². The molecule has 2 unspecified atom stereocenters. The largest absolute Gasteiger partial charge is 0.369 e. The number of thiophene rings is 1. The monoisotopic (exact) mass is 308 g/mol. The quantitative estimate of drug-likeness (QED) is 0.850. The highest BCUT2D eigenvalue weighted by Gasteiger charge is 2.37. The maximum atomic E-state index is 12.6. The second-order valence-electron chi connectivity index (χ2n) is 5.49. The molecule has 1 aromatic rings. The Bertz CT molecular complexity index is 517. The number of morpholine rings is 1. The Labute approximate surface area is 128 Å². The Balaban J connectivity index is 1.64. The zero-order valence-corrected chi connectivity index (χ0v) is 13.0. The molecular weight excluding hydrogens is 288 g/mol. The van der Waals surface area contributed by atoms with Crippen molar-refractivity contribution in [2.45, 2.75) is 19.4 Å². The molecule has 114 valence electrons. The number of likely N-dealkylation sites (tertiary alicyclic amines) is 1. The summed E-state index contributed by atoms with van der Waals surface area (Å²) in [5.41, 5.74) is 0. The molecule has 0 aliphatic carbocycles. The number of rotatable bonds is 3. The van der Waals surface area contributed by atoms with Crippen molar-refractivity contribution in [2.75, 3.05) is 32.8 Å². The van der Waals surface area contributed by atoms with Crippen LogP contribution in [0, 0.1) is 5.92 Å². The van der Waals surface area contributed by atoms with Crippen LogP contribution in [0.5, 0.6) is 0 Å². The number of hydrogen-bond donors (Lipinski definition) is 0. The predicted octanol–water partition coefficient (Wildman–Crippen LogP) is 1.52. The maximum absolute atomic E-state index is 12.6. The minimum Gasteiger partial charge on any atom is -0.369 e. The molecule has 3 heterocycles. The van der Waals surface area contributed by atoms with Crippen molar-refractivity contribution in [1.82, 2.24) is 9.80 Å². The van der Waals surface area contributed by atoms with Gasteiger partial charge in [-0.15, -0.1) is 11.3 Å². The lowest BCUT2D eigenvalue weighted by atomic mass is 10.1. The summed E-state index contributed by atoms with van der Waals surface area (Å²) in [6.07, 6.45) is 0.329. The maximum Gasteiger partial charge on any atom is 0.228 e. The van der Waals surface area contributed by atoms with Crippen molar-refractivity contribution in [2.24, 2.45) is 5.92 Å². The number of nitrogens with zero attached hydrogens (tertiary/aromatic N) is 2. The first-order valence-corrected chi connectivity index (χ1v) is 8.28. The van der Waals surface area contributed by atoms with Gasteiger partial charge in [0.25, 0.3) is 0 Å². The number of ether oxygens (including phenoxy) is 1. The van der Waals surface area contributed by atoms with Crippen molar-refractivity contribution in [3.05, 3.63) is 22.4 Å². The van der Waals surface area contributed by atoms with Crippen LogP contribution in [-0.4, -0.2) is 54.4 Å². The second kappa shape index (κ2) is 6.15. The number of carbonyl (C=O) groups is 2. The third kappa shape index (κ3) is 2.96. The fraction of sp³-hybridized carbons (Fsp3) is 0.600. The fourth-order valence-electron chi connectivity index (χ4n) is 3.00. The topological polar surface area (TPSA) is 49.9 Å². The van der Waals surface area contributed by atoms with Gasteiger partial charge in [-0.3, -0.25) is 9.59 Å². The summed E-state index contributed by atoms with van der Waals surface area (Å²) in [6.45, 7) is 4.98. The zero-order chi connectivity index (χ0) is 14.8. The highest BCUT2D eigenvalue weighted by molar-refractivity contribution is 7.10. The summed E-state index contributed by atoms with van der Waals surface area (Å²) in [5.74, 6) is 0.0163. The lowest BCUT2D eigenvalue weighted by molar-refractivity contribution is -0.143. The van der Waals surface area contributed by atoms with Gasteiger partial charge >= 0.3 is 0 Å². The van der Waals surface area contributed by atoms with Crippen molar-refractivity contribution in [3.63, 3.8) is 0 Å². The van der Waals surface area contributed by atoms with Crippen LogP contribution in [0.15, 0.2) is 17.5 Å². The third-order valence-corrected chi connectivity index (χ3v) is 5.15. The van der Waals surface area contributed by atoms with Gasteiger partial charge in [-0.2, -0.15) is 0 Å². The zero-order valence-electron chi connectivity index (χ0n) is 12.2. The van der Waals surface area contributed by atoms with Crippen molar-refractivity contribution in [3.8, 4) is 0 Å². The van der Waals surface area contributed by atoms with E-state index in [-0.39, 0.29) is 23.8 Å². The highest BCUT2D eigenvalue weighted by atomic mass is 32.1. The van der Waals surface area contributed by atoms with E-state index >= 15 is 0 Å². The van der Waals surface area contributed by atoms with Gasteiger partial charge in [0.1, 0.15) is 6.10 Å². The molecule has 0 N–H and O–H groups in total. The SMILES string of the molecule is CCN1CC(C(=O)N2CCOC(c3cccs3)C2)CC1=O. The van der Waals surface area contributed by atoms with Gasteiger partial charge in [0.05, 0.1) is 19.1 Å². The number of amides is 2. The van der Waals surface area contributed by atoms with Crippen molar-refractivity contribution < 1.29 is 14.3 Å². The van der Waals surface area contributed by atoms with E-state index in [0.29, 0.717) is 39.2 Å². The molecule has 0 bridgehead atoms. The van der Waals surface area contributed by atoms with E-state index in [1.807, 2.05) is 29.3 Å². The summed E-state index contributed by atoms with van der Waals surface area (Å²) in [5, 5.41) is 2.02. The highest BCUT2D eigenvalue weighted by Crippen LogP contribution is 2.28. The molecule has 1 aromatic heterocycles. The number of carbonyl (C=O) groups excluding carboxylic acids is 2. The molecule has 0 spiro atoms. The Morgan fingerprint density at radius 1 is 1.48 bits per heavy atom. The third-order valence-electron chi connectivity index (χ3n) is 4.18. The number of hydrogen-bond acceptors (Lipinski definition) is 4. The molecule has 21 heavy (non-hydrogen) atoms. The smallest absolute Gasteiger partial charge is 0.228 e. The van der Waals surface area contributed by atoms with E-state index in [1.165, 1.54) is 0 Å². The molecule has 5 nitrogen and oxygen atoms in total. The molecule has 2 aliphatic rings. The Hall–Kier alpha value is -1.40. The van der Waals surface area contributed by atoms with Gasteiger partial charge < -0.3 is 14.5 Å². The molecule has 0 radical (unpaired) electrons. The molecule has 2 amide bonds.